The van der Waals surface area contributed by atoms with Crippen molar-refractivity contribution in [2.45, 2.75) is 252 Å². The van der Waals surface area contributed by atoms with Gasteiger partial charge in [-0.15, -0.1) is 0 Å². The van der Waals surface area contributed by atoms with Crippen LogP contribution >= 0.6 is 0 Å². The molecular weight excluding hydrogens is 745 g/mol. The standard InChI is InChI=1S/C54H94O6/c1-4-7-10-13-16-19-22-25-27-28-30-32-35-38-41-44-47-53(56)59-50-51(49-58-52(55)46-43-40-37-34-31-24-21-18-15-12-9-6-3)60-54(57)48-45-42-39-36-33-29-26-23-20-17-14-11-8-5-2/h8-9,11-12,17-18,20-21,31,34,51H,4-7,10,13-16,19,22-30,32-33,35-50H2,1-3H3/b11-8-,12-9-,20-17-,21-18-,34-31-. The Morgan fingerprint density at radius 3 is 1.05 bits per heavy atom. The summed E-state index contributed by atoms with van der Waals surface area (Å²) < 4.78 is 16.7. The number of esters is 3. The number of unbranched alkanes of at least 4 members (excludes halogenated alkanes) is 24. The molecule has 0 aromatic heterocycles. The molecule has 0 aromatic rings. The Balaban J connectivity index is 4.39. The van der Waals surface area contributed by atoms with E-state index in [2.05, 4.69) is 81.5 Å². The lowest BCUT2D eigenvalue weighted by atomic mass is 10.0. The highest BCUT2D eigenvalue weighted by Crippen LogP contribution is 2.15. The summed E-state index contributed by atoms with van der Waals surface area (Å²) in [5.41, 5.74) is 0. The molecule has 0 fully saturated rings. The maximum Gasteiger partial charge on any atom is 0.306 e. The lowest BCUT2D eigenvalue weighted by Gasteiger charge is -2.18. The van der Waals surface area contributed by atoms with Crippen molar-refractivity contribution in [1.29, 1.82) is 0 Å². The molecular formula is C54H94O6. The molecule has 0 radical (unpaired) electrons. The first-order valence-electron chi connectivity index (χ1n) is 25.3. The van der Waals surface area contributed by atoms with Crippen molar-refractivity contribution in [3.8, 4) is 0 Å². The van der Waals surface area contributed by atoms with Crippen LogP contribution in [-0.4, -0.2) is 37.2 Å². The highest BCUT2D eigenvalue weighted by molar-refractivity contribution is 5.71. The lowest BCUT2D eigenvalue weighted by Crippen LogP contribution is -2.30. The topological polar surface area (TPSA) is 78.9 Å². The fraction of sp³-hybridized carbons (Fsp3) is 0.759. The molecule has 0 aliphatic carbocycles. The Hall–Kier alpha value is -2.89. The van der Waals surface area contributed by atoms with E-state index in [0.29, 0.717) is 19.3 Å². The highest BCUT2D eigenvalue weighted by atomic mass is 16.6. The van der Waals surface area contributed by atoms with Crippen molar-refractivity contribution < 1.29 is 28.6 Å². The summed E-state index contributed by atoms with van der Waals surface area (Å²) in [6, 6.07) is 0. The van der Waals surface area contributed by atoms with E-state index < -0.39 is 6.10 Å². The lowest BCUT2D eigenvalue weighted by molar-refractivity contribution is -0.167. The van der Waals surface area contributed by atoms with Gasteiger partial charge in [-0.25, -0.2) is 0 Å². The van der Waals surface area contributed by atoms with Crippen molar-refractivity contribution in [2.75, 3.05) is 13.2 Å². The quantitative estimate of drug-likeness (QED) is 0.0263. The predicted molar refractivity (Wildman–Crippen MR) is 256 cm³/mol. The third-order valence-corrected chi connectivity index (χ3v) is 10.8. The highest BCUT2D eigenvalue weighted by Gasteiger charge is 2.19. The first kappa shape index (κ1) is 57.1. The number of ether oxygens (including phenoxy) is 3. The van der Waals surface area contributed by atoms with Crippen molar-refractivity contribution >= 4 is 17.9 Å². The molecule has 0 N–H and O–H groups in total. The normalized spacial score (nSPS) is 12.5. The number of rotatable bonds is 45. The molecule has 0 amide bonds. The Kier molecular flexibility index (Phi) is 46.4. The van der Waals surface area contributed by atoms with Gasteiger partial charge in [0.05, 0.1) is 0 Å². The maximum absolute atomic E-state index is 12.8. The van der Waals surface area contributed by atoms with E-state index in [9.17, 15) is 14.4 Å². The summed E-state index contributed by atoms with van der Waals surface area (Å²) in [5.74, 6) is -0.933. The molecule has 0 heterocycles. The van der Waals surface area contributed by atoms with Gasteiger partial charge in [-0.2, -0.15) is 0 Å². The van der Waals surface area contributed by atoms with E-state index in [1.54, 1.807) is 0 Å². The fourth-order valence-corrected chi connectivity index (χ4v) is 7.02. The van der Waals surface area contributed by atoms with Gasteiger partial charge in [-0.3, -0.25) is 14.4 Å². The molecule has 0 aromatic carbocycles. The smallest absolute Gasteiger partial charge is 0.306 e. The van der Waals surface area contributed by atoms with Crippen LogP contribution in [0.15, 0.2) is 60.8 Å². The van der Waals surface area contributed by atoms with Crippen LogP contribution in [0.25, 0.3) is 0 Å². The number of carbonyl (C=O) groups is 3. The molecule has 1 atom stereocenters. The summed E-state index contributed by atoms with van der Waals surface area (Å²) in [5, 5.41) is 0. The molecule has 0 aliphatic rings. The van der Waals surface area contributed by atoms with Gasteiger partial charge in [0.15, 0.2) is 6.10 Å². The largest absolute Gasteiger partial charge is 0.462 e. The average Bonchev–Trinajstić information content (AvgIpc) is 3.24. The van der Waals surface area contributed by atoms with Gasteiger partial charge in [0.25, 0.3) is 0 Å². The molecule has 6 heteroatoms. The number of allylic oxidation sites excluding steroid dienone is 10. The van der Waals surface area contributed by atoms with Crippen LogP contribution in [0.3, 0.4) is 0 Å². The van der Waals surface area contributed by atoms with E-state index in [0.717, 1.165) is 96.3 Å². The minimum Gasteiger partial charge on any atom is -0.462 e. The second-order valence-corrected chi connectivity index (χ2v) is 16.7. The number of hydrogen-bond acceptors (Lipinski definition) is 6. The zero-order valence-corrected chi connectivity index (χ0v) is 39.5. The minimum absolute atomic E-state index is 0.0878. The van der Waals surface area contributed by atoms with Gasteiger partial charge >= 0.3 is 17.9 Å². The minimum atomic E-state index is -0.790. The van der Waals surface area contributed by atoms with Gasteiger partial charge in [0.1, 0.15) is 13.2 Å². The van der Waals surface area contributed by atoms with Crippen molar-refractivity contribution in [3.63, 3.8) is 0 Å². The summed E-state index contributed by atoms with van der Waals surface area (Å²) in [7, 11) is 0. The van der Waals surface area contributed by atoms with Gasteiger partial charge in [0.2, 0.25) is 0 Å². The fourth-order valence-electron chi connectivity index (χ4n) is 7.02. The molecule has 0 saturated carbocycles. The van der Waals surface area contributed by atoms with Crippen LogP contribution in [0.2, 0.25) is 0 Å². The number of hydrogen-bond donors (Lipinski definition) is 0. The maximum atomic E-state index is 12.8. The van der Waals surface area contributed by atoms with Crippen LogP contribution in [-0.2, 0) is 28.6 Å². The zero-order chi connectivity index (χ0) is 43.7. The first-order chi connectivity index (χ1) is 29.5. The van der Waals surface area contributed by atoms with Crippen molar-refractivity contribution in [1.82, 2.24) is 0 Å². The van der Waals surface area contributed by atoms with Gasteiger partial charge in [-0.1, -0.05) is 210 Å². The molecule has 346 valence electrons. The Morgan fingerprint density at radius 1 is 0.350 bits per heavy atom. The van der Waals surface area contributed by atoms with Gasteiger partial charge < -0.3 is 14.2 Å². The molecule has 0 bridgehead atoms. The van der Waals surface area contributed by atoms with E-state index >= 15 is 0 Å². The molecule has 0 spiro atoms. The SMILES string of the molecule is CC/C=C\C/C=C\C/C=C\CCCCC(=O)OCC(COC(=O)CCCCCCCCCCCCCCCCCC)OC(=O)CCCCCCCCC/C=C\C/C=C\CC. The molecule has 60 heavy (non-hydrogen) atoms. The zero-order valence-electron chi connectivity index (χ0n) is 39.5. The van der Waals surface area contributed by atoms with Crippen LogP contribution in [0, 0.1) is 0 Å². The Morgan fingerprint density at radius 2 is 0.650 bits per heavy atom. The van der Waals surface area contributed by atoms with E-state index in [1.165, 1.54) is 109 Å². The van der Waals surface area contributed by atoms with Crippen molar-refractivity contribution in [3.05, 3.63) is 60.8 Å². The first-order valence-corrected chi connectivity index (χ1v) is 25.3. The van der Waals surface area contributed by atoms with Crippen LogP contribution < -0.4 is 0 Å². The summed E-state index contributed by atoms with van der Waals surface area (Å²) >= 11 is 0. The number of carbonyl (C=O) groups excluding carboxylic acids is 3. The van der Waals surface area contributed by atoms with Gasteiger partial charge in [0, 0.05) is 19.3 Å². The van der Waals surface area contributed by atoms with E-state index in [-0.39, 0.29) is 31.1 Å². The molecule has 6 nitrogen and oxygen atoms in total. The van der Waals surface area contributed by atoms with E-state index in [4.69, 9.17) is 14.2 Å². The Labute approximate surface area is 370 Å². The average molecular weight is 839 g/mol. The summed E-state index contributed by atoms with van der Waals surface area (Å²) in [4.78, 5) is 37.9. The molecule has 0 saturated heterocycles. The van der Waals surface area contributed by atoms with E-state index in [1.807, 2.05) is 0 Å². The second kappa shape index (κ2) is 48.8. The molecule has 0 rings (SSSR count). The summed E-state index contributed by atoms with van der Waals surface area (Å²) in [6.45, 7) is 6.38. The molecule has 1 unspecified atom stereocenters. The van der Waals surface area contributed by atoms with Gasteiger partial charge in [-0.05, 0) is 77.0 Å². The Bertz CT molecular complexity index is 1100. The molecule has 0 aliphatic heterocycles. The second-order valence-electron chi connectivity index (χ2n) is 16.7. The van der Waals surface area contributed by atoms with Crippen LogP contribution in [0.5, 0.6) is 0 Å². The monoisotopic (exact) mass is 839 g/mol. The third-order valence-electron chi connectivity index (χ3n) is 10.8. The third kappa shape index (κ3) is 46.2. The predicted octanol–water partition coefficient (Wildman–Crippen LogP) is 16.5. The van der Waals surface area contributed by atoms with Crippen LogP contribution in [0.4, 0.5) is 0 Å². The van der Waals surface area contributed by atoms with Crippen molar-refractivity contribution in [2.24, 2.45) is 0 Å². The van der Waals surface area contributed by atoms with Crippen LogP contribution in [0.1, 0.15) is 245 Å². The summed E-state index contributed by atoms with van der Waals surface area (Å²) in [6.07, 6.45) is 59.2.